The predicted octanol–water partition coefficient (Wildman–Crippen LogP) is 1.98. The summed E-state index contributed by atoms with van der Waals surface area (Å²) in [4.78, 5) is 12.8. The van der Waals surface area contributed by atoms with Crippen LogP contribution in [0.2, 0.25) is 0 Å². The lowest BCUT2D eigenvalue weighted by atomic mass is 10.2. The van der Waals surface area contributed by atoms with Crippen LogP contribution in [0.25, 0.3) is 16.9 Å². The third-order valence-electron chi connectivity index (χ3n) is 3.97. The van der Waals surface area contributed by atoms with E-state index < -0.39 is 0 Å². The average Bonchev–Trinajstić information content (AvgIpc) is 3.29. The minimum atomic E-state index is -0.257. The fourth-order valence-corrected chi connectivity index (χ4v) is 2.81. The maximum Gasteiger partial charge on any atom is 0.255 e. The first-order chi connectivity index (χ1) is 12.2. The van der Waals surface area contributed by atoms with Crippen molar-refractivity contribution in [1.29, 1.82) is 0 Å². The van der Waals surface area contributed by atoms with Crippen molar-refractivity contribution < 1.29 is 4.74 Å². The Labute approximate surface area is 143 Å². The van der Waals surface area contributed by atoms with Gasteiger partial charge in [0, 0.05) is 25.7 Å². The molecular weight excluding hydrogens is 318 g/mol. The van der Waals surface area contributed by atoms with Crippen LogP contribution in [0, 0.1) is 0 Å². The molecule has 8 heteroatoms. The summed E-state index contributed by atoms with van der Waals surface area (Å²) in [6.07, 6.45) is 5.61. The van der Waals surface area contributed by atoms with E-state index in [-0.39, 0.29) is 12.2 Å². The zero-order chi connectivity index (χ0) is 17.2. The van der Waals surface area contributed by atoms with E-state index in [2.05, 4.69) is 42.8 Å². The fourth-order valence-electron chi connectivity index (χ4n) is 2.81. The third-order valence-corrected chi connectivity index (χ3v) is 3.97. The first kappa shape index (κ1) is 15.3. The van der Waals surface area contributed by atoms with Gasteiger partial charge >= 0.3 is 0 Å². The summed E-state index contributed by atoms with van der Waals surface area (Å²) in [5, 5.41) is 5.28. The lowest BCUT2D eigenvalue weighted by Gasteiger charge is -2.18. The highest BCUT2D eigenvalue weighted by atomic mass is 16.5. The van der Waals surface area contributed by atoms with Crippen LogP contribution in [0.1, 0.15) is 12.1 Å². The van der Waals surface area contributed by atoms with Crippen LogP contribution in [0.3, 0.4) is 0 Å². The molecule has 0 saturated heterocycles. The van der Waals surface area contributed by atoms with E-state index in [4.69, 9.17) is 10.5 Å². The van der Waals surface area contributed by atoms with E-state index in [9.17, 15) is 0 Å². The molecule has 0 fully saturated rings. The molecule has 0 spiro atoms. The molecule has 1 unspecified atom stereocenters. The molecule has 0 saturated carbocycles. The van der Waals surface area contributed by atoms with Gasteiger partial charge in [-0.3, -0.25) is 0 Å². The molecule has 4 aromatic rings. The summed E-state index contributed by atoms with van der Waals surface area (Å²) < 4.78 is 9.28. The van der Waals surface area contributed by atoms with Crippen LogP contribution in [-0.2, 0) is 11.2 Å². The molecule has 1 aromatic carbocycles. The molecule has 0 amide bonds. The highest BCUT2D eigenvalue weighted by Crippen LogP contribution is 2.22. The summed E-state index contributed by atoms with van der Waals surface area (Å²) in [5.41, 5.74) is 6.93. The van der Waals surface area contributed by atoms with Crippen LogP contribution in [0.5, 0.6) is 0 Å². The number of anilines is 1. The number of para-hydroxylation sites is 1. The maximum absolute atomic E-state index is 5.84. The summed E-state index contributed by atoms with van der Waals surface area (Å²) in [5.74, 6) is 1.09. The molecule has 4 rings (SSSR count). The topological polar surface area (TPSA) is 96.7 Å². The molecule has 0 aliphatic carbocycles. The van der Waals surface area contributed by atoms with Crippen LogP contribution < -0.4 is 5.73 Å². The monoisotopic (exact) mass is 335 g/mol. The number of rotatable bonds is 5. The lowest BCUT2D eigenvalue weighted by molar-refractivity contribution is 0.0465. The van der Waals surface area contributed by atoms with E-state index >= 15 is 0 Å². The summed E-state index contributed by atoms with van der Waals surface area (Å²) >= 11 is 0. The van der Waals surface area contributed by atoms with Gasteiger partial charge in [-0.15, -0.1) is 0 Å². The smallest absolute Gasteiger partial charge is 0.255 e. The van der Waals surface area contributed by atoms with Crippen LogP contribution in [-0.4, -0.2) is 36.4 Å². The second-order valence-electron chi connectivity index (χ2n) is 5.54. The van der Waals surface area contributed by atoms with Crippen molar-refractivity contribution in [2.75, 3.05) is 12.8 Å². The first-order valence-electron chi connectivity index (χ1n) is 7.83. The summed E-state index contributed by atoms with van der Waals surface area (Å²) in [6, 6.07) is 12.0. The van der Waals surface area contributed by atoms with E-state index in [1.165, 1.54) is 0 Å². The number of ether oxygens (including phenoxy) is 1. The van der Waals surface area contributed by atoms with Crippen molar-refractivity contribution in [2.45, 2.75) is 12.6 Å². The maximum atomic E-state index is 5.84. The molecule has 25 heavy (non-hydrogen) atoms. The number of benzene rings is 1. The number of aromatic nitrogens is 6. The Hall–Kier alpha value is -3.26. The van der Waals surface area contributed by atoms with Crippen molar-refractivity contribution in [2.24, 2.45) is 0 Å². The number of nitrogens with two attached hydrogens (primary N) is 1. The Bertz CT molecular complexity index is 993. The zero-order valence-electron chi connectivity index (χ0n) is 13.6. The second-order valence-corrected chi connectivity index (χ2v) is 5.54. The Balaban J connectivity index is 1.68. The van der Waals surface area contributed by atoms with Crippen LogP contribution in [0.15, 0.2) is 55.0 Å². The van der Waals surface area contributed by atoms with E-state index in [1.807, 2.05) is 18.3 Å². The largest absolute Gasteiger partial charge is 0.368 e. The van der Waals surface area contributed by atoms with E-state index in [0.29, 0.717) is 18.2 Å². The number of nitrogens with zero attached hydrogens (tertiary/aromatic N) is 6. The van der Waals surface area contributed by atoms with Crippen molar-refractivity contribution in [1.82, 2.24) is 29.3 Å². The van der Waals surface area contributed by atoms with Gasteiger partial charge in [-0.2, -0.15) is 20.1 Å². The van der Waals surface area contributed by atoms with Gasteiger partial charge < -0.3 is 15.0 Å². The zero-order valence-corrected chi connectivity index (χ0v) is 13.6. The molecule has 3 aromatic heterocycles. The Morgan fingerprint density at radius 1 is 1.08 bits per heavy atom. The molecule has 0 radical (unpaired) electrons. The van der Waals surface area contributed by atoms with E-state index in [0.717, 1.165) is 10.9 Å². The van der Waals surface area contributed by atoms with Gasteiger partial charge in [-0.25, -0.2) is 4.68 Å². The molecule has 2 N–H and O–H groups in total. The van der Waals surface area contributed by atoms with E-state index in [1.54, 1.807) is 30.3 Å². The third kappa shape index (κ3) is 2.94. The number of hydrogen-bond acceptors (Lipinski definition) is 6. The van der Waals surface area contributed by atoms with Gasteiger partial charge in [0.05, 0.1) is 11.9 Å². The number of methoxy groups -OCH3 is 1. The van der Waals surface area contributed by atoms with Gasteiger partial charge in [0.25, 0.3) is 5.95 Å². The predicted molar refractivity (Wildman–Crippen MR) is 93.0 cm³/mol. The standard InChI is InChI=1S/C17H17N7O/c1-25-15(23-10-7-12-5-2-3-6-13(12)23)11-14-20-16(18)22-17(21-14)24-9-4-8-19-24/h2-10,15H,11H2,1H3,(H2,18,20,21,22). The summed E-state index contributed by atoms with van der Waals surface area (Å²) in [7, 11) is 1.67. The molecule has 3 heterocycles. The highest BCUT2D eigenvalue weighted by Gasteiger charge is 2.16. The average molecular weight is 335 g/mol. The Kier molecular flexibility index (Phi) is 3.87. The number of nitrogen functional groups attached to an aromatic ring is 1. The number of fused-ring (bicyclic) bond motifs is 1. The second kappa shape index (κ2) is 6.33. The quantitative estimate of drug-likeness (QED) is 0.599. The van der Waals surface area contributed by atoms with Gasteiger partial charge in [0.15, 0.2) is 0 Å². The van der Waals surface area contributed by atoms with Gasteiger partial charge in [0.2, 0.25) is 5.95 Å². The van der Waals surface area contributed by atoms with Crippen molar-refractivity contribution in [3.8, 4) is 5.95 Å². The molecule has 0 aliphatic heterocycles. The van der Waals surface area contributed by atoms with Crippen molar-refractivity contribution >= 4 is 16.9 Å². The normalized spacial score (nSPS) is 12.5. The number of hydrogen-bond donors (Lipinski definition) is 1. The summed E-state index contributed by atoms with van der Waals surface area (Å²) in [6.45, 7) is 0. The molecule has 1 atom stereocenters. The molecule has 126 valence electrons. The highest BCUT2D eigenvalue weighted by molar-refractivity contribution is 5.80. The molecule has 8 nitrogen and oxygen atoms in total. The fraction of sp³-hybridized carbons (Fsp3) is 0.176. The first-order valence-corrected chi connectivity index (χ1v) is 7.83. The minimum absolute atomic E-state index is 0.155. The Morgan fingerprint density at radius 3 is 2.76 bits per heavy atom. The van der Waals surface area contributed by atoms with Gasteiger partial charge in [-0.05, 0) is 23.6 Å². The molecule has 0 aliphatic rings. The molecular formula is C17H17N7O. The van der Waals surface area contributed by atoms with Gasteiger partial charge in [-0.1, -0.05) is 18.2 Å². The van der Waals surface area contributed by atoms with Crippen LogP contribution >= 0.6 is 0 Å². The van der Waals surface area contributed by atoms with Crippen molar-refractivity contribution in [3.05, 3.63) is 60.8 Å². The Morgan fingerprint density at radius 2 is 1.96 bits per heavy atom. The minimum Gasteiger partial charge on any atom is -0.368 e. The molecule has 0 bridgehead atoms. The SMILES string of the molecule is COC(Cc1nc(N)nc(-n2cccn2)n1)n1ccc2ccccc21. The van der Waals surface area contributed by atoms with Crippen LogP contribution in [0.4, 0.5) is 5.95 Å². The van der Waals surface area contributed by atoms with Gasteiger partial charge in [0.1, 0.15) is 12.1 Å². The van der Waals surface area contributed by atoms with Crippen molar-refractivity contribution in [3.63, 3.8) is 0 Å². The lowest BCUT2D eigenvalue weighted by Crippen LogP contribution is -2.17.